The van der Waals surface area contributed by atoms with Crippen LogP contribution in [0.1, 0.15) is 35.3 Å². The summed E-state index contributed by atoms with van der Waals surface area (Å²) in [7, 11) is 0. The minimum atomic E-state index is -0.0264. The summed E-state index contributed by atoms with van der Waals surface area (Å²) in [6.07, 6.45) is 3.34. The van der Waals surface area contributed by atoms with Crippen LogP contribution >= 0.6 is 11.6 Å². The Morgan fingerprint density at radius 3 is 2.43 bits per heavy atom. The highest BCUT2D eigenvalue weighted by Gasteiger charge is 2.19. The van der Waals surface area contributed by atoms with E-state index in [1.807, 2.05) is 29.2 Å². The second-order valence-corrected chi connectivity index (χ2v) is 6.07. The summed E-state index contributed by atoms with van der Waals surface area (Å²) in [5, 5.41) is 12.0. The summed E-state index contributed by atoms with van der Waals surface area (Å²) in [6.45, 7) is 2.26. The molecule has 0 bridgehead atoms. The van der Waals surface area contributed by atoms with E-state index in [1.54, 1.807) is 12.1 Å². The molecule has 0 atom stereocenters. The maximum absolute atomic E-state index is 12.3. The molecule has 6 heteroatoms. The normalized spacial score (nSPS) is 14.6. The molecule has 1 aromatic carbocycles. The molecule has 1 saturated heterocycles. The quantitative estimate of drug-likeness (QED) is 0.933. The lowest BCUT2D eigenvalue weighted by Gasteiger charge is -2.26. The highest BCUT2D eigenvalue weighted by Crippen LogP contribution is 2.13. The van der Waals surface area contributed by atoms with Crippen LogP contribution in [0.15, 0.2) is 36.4 Å². The number of hydrogen-bond donors (Lipinski definition) is 1. The van der Waals surface area contributed by atoms with Gasteiger partial charge in [-0.2, -0.15) is 0 Å². The van der Waals surface area contributed by atoms with Gasteiger partial charge in [-0.1, -0.05) is 23.7 Å². The predicted molar refractivity (Wildman–Crippen MR) is 90.6 cm³/mol. The van der Waals surface area contributed by atoms with Crippen LogP contribution in [0.25, 0.3) is 0 Å². The molecule has 5 nitrogen and oxygen atoms in total. The number of aromatic nitrogens is 2. The molecule has 120 valence electrons. The number of nitrogens with zero attached hydrogens (tertiary/aromatic N) is 3. The molecule has 1 aliphatic rings. The molecular weight excluding hydrogens is 312 g/mol. The van der Waals surface area contributed by atoms with Crippen LogP contribution in [0.3, 0.4) is 0 Å². The summed E-state index contributed by atoms with van der Waals surface area (Å²) in [5.41, 5.74) is 1.51. The lowest BCUT2D eigenvalue weighted by Crippen LogP contribution is -2.36. The van der Waals surface area contributed by atoms with E-state index in [2.05, 4.69) is 15.5 Å². The van der Waals surface area contributed by atoms with Crippen molar-refractivity contribution in [3.05, 3.63) is 52.7 Å². The van der Waals surface area contributed by atoms with Gasteiger partial charge >= 0.3 is 0 Å². The maximum atomic E-state index is 12.3. The van der Waals surface area contributed by atoms with Gasteiger partial charge in [0.1, 0.15) is 5.82 Å². The van der Waals surface area contributed by atoms with Crippen molar-refractivity contribution in [2.24, 2.45) is 0 Å². The molecule has 0 spiro atoms. The lowest BCUT2D eigenvalue weighted by atomic mass is 10.1. The SMILES string of the molecule is O=C(c1ccc(NCc2ccc(Cl)cc2)nn1)N1CCCCC1. The molecular formula is C17H19ClN4O. The number of anilines is 1. The Balaban J connectivity index is 1.58. The van der Waals surface area contributed by atoms with Gasteiger partial charge in [-0.15, -0.1) is 10.2 Å². The van der Waals surface area contributed by atoms with Crippen molar-refractivity contribution in [1.82, 2.24) is 15.1 Å². The van der Waals surface area contributed by atoms with Gasteiger partial charge in [-0.3, -0.25) is 4.79 Å². The number of likely N-dealkylation sites (tertiary alicyclic amines) is 1. The number of hydrogen-bond acceptors (Lipinski definition) is 4. The molecule has 1 aliphatic heterocycles. The van der Waals surface area contributed by atoms with Crippen molar-refractivity contribution >= 4 is 23.3 Å². The summed E-state index contributed by atoms with van der Waals surface area (Å²) in [5.74, 6) is 0.622. The number of amides is 1. The number of halogens is 1. The van der Waals surface area contributed by atoms with Crippen LogP contribution in [0.4, 0.5) is 5.82 Å². The molecule has 0 unspecified atom stereocenters. The van der Waals surface area contributed by atoms with Gasteiger partial charge in [0, 0.05) is 24.7 Å². The zero-order valence-corrected chi connectivity index (χ0v) is 13.6. The molecule has 1 fully saturated rings. The first-order chi connectivity index (χ1) is 11.2. The second kappa shape index (κ2) is 7.42. The van der Waals surface area contributed by atoms with E-state index in [4.69, 9.17) is 11.6 Å². The average molecular weight is 331 g/mol. The monoisotopic (exact) mass is 330 g/mol. The van der Waals surface area contributed by atoms with E-state index in [1.165, 1.54) is 6.42 Å². The number of rotatable bonds is 4. The van der Waals surface area contributed by atoms with Crippen LogP contribution in [-0.4, -0.2) is 34.1 Å². The van der Waals surface area contributed by atoms with Crippen LogP contribution in [-0.2, 0) is 6.54 Å². The van der Waals surface area contributed by atoms with Crippen molar-refractivity contribution < 1.29 is 4.79 Å². The third-order valence-electron chi connectivity index (χ3n) is 3.91. The molecule has 1 aromatic heterocycles. The number of carbonyl (C=O) groups excluding carboxylic acids is 1. The van der Waals surface area contributed by atoms with E-state index in [0.717, 1.165) is 31.5 Å². The van der Waals surface area contributed by atoms with Gasteiger partial charge in [-0.05, 0) is 49.1 Å². The molecule has 0 radical (unpaired) electrons. The lowest BCUT2D eigenvalue weighted by molar-refractivity contribution is 0.0717. The first-order valence-corrected chi connectivity index (χ1v) is 8.21. The van der Waals surface area contributed by atoms with Gasteiger partial charge in [0.25, 0.3) is 5.91 Å². The number of nitrogens with one attached hydrogen (secondary N) is 1. The van der Waals surface area contributed by atoms with Gasteiger partial charge in [0.2, 0.25) is 0 Å². The summed E-state index contributed by atoms with van der Waals surface area (Å²) < 4.78 is 0. The fourth-order valence-electron chi connectivity index (χ4n) is 2.59. The first-order valence-electron chi connectivity index (χ1n) is 7.84. The Bertz CT molecular complexity index is 651. The smallest absolute Gasteiger partial charge is 0.274 e. The molecule has 1 amide bonds. The third kappa shape index (κ3) is 4.20. The molecule has 1 N–H and O–H groups in total. The number of piperidine rings is 1. The molecule has 3 rings (SSSR count). The fraction of sp³-hybridized carbons (Fsp3) is 0.353. The minimum absolute atomic E-state index is 0.0264. The van der Waals surface area contributed by atoms with Crippen molar-refractivity contribution in [3.8, 4) is 0 Å². The number of benzene rings is 1. The summed E-state index contributed by atoms with van der Waals surface area (Å²) in [6, 6.07) is 11.1. The van der Waals surface area contributed by atoms with E-state index in [-0.39, 0.29) is 5.91 Å². The third-order valence-corrected chi connectivity index (χ3v) is 4.17. The van der Waals surface area contributed by atoms with E-state index >= 15 is 0 Å². The molecule has 23 heavy (non-hydrogen) atoms. The Hall–Kier alpha value is -2.14. The predicted octanol–water partition coefficient (Wildman–Crippen LogP) is 3.37. The Labute approximate surface area is 140 Å². The van der Waals surface area contributed by atoms with Crippen LogP contribution in [0.2, 0.25) is 5.02 Å². The van der Waals surface area contributed by atoms with E-state index < -0.39 is 0 Å². The van der Waals surface area contributed by atoms with E-state index in [9.17, 15) is 4.79 Å². The maximum Gasteiger partial charge on any atom is 0.274 e. The largest absolute Gasteiger partial charge is 0.365 e. The Morgan fingerprint density at radius 1 is 1.04 bits per heavy atom. The Kier molecular flexibility index (Phi) is 5.08. The standard InChI is InChI=1S/C17H19ClN4O/c18-14-6-4-13(5-7-14)12-19-16-9-8-15(20-21-16)17(23)22-10-2-1-3-11-22/h4-9H,1-3,10-12H2,(H,19,21). The van der Waals surface area contributed by atoms with Crippen molar-refractivity contribution in [2.45, 2.75) is 25.8 Å². The van der Waals surface area contributed by atoms with Crippen LogP contribution in [0.5, 0.6) is 0 Å². The molecule has 2 heterocycles. The summed E-state index contributed by atoms with van der Waals surface area (Å²) in [4.78, 5) is 14.2. The fourth-order valence-corrected chi connectivity index (χ4v) is 2.72. The minimum Gasteiger partial charge on any atom is -0.365 e. The van der Waals surface area contributed by atoms with Crippen LogP contribution < -0.4 is 5.32 Å². The molecule has 2 aromatic rings. The Morgan fingerprint density at radius 2 is 1.78 bits per heavy atom. The van der Waals surface area contributed by atoms with Crippen molar-refractivity contribution in [2.75, 3.05) is 18.4 Å². The highest BCUT2D eigenvalue weighted by molar-refractivity contribution is 6.30. The van der Waals surface area contributed by atoms with Gasteiger partial charge in [-0.25, -0.2) is 0 Å². The molecule has 0 saturated carbocycles. The van der Waals surface area contributed by atoms with E-state index in [0.29, 0.717) is 23.1 Å². The van der Waals surface area contributed by atoms with Gasteiger partial charge in [0.15, 0.2) is 5.69 Å². The van der Waals surface area contributed by atoms with Crippen molar-refractivity contribution in [1.29, 1.82) is 0 Å². The highest BCUT2D eigenvalue weighted by atomic mass is 35.5. The second-order valence-electron chi connectivity index (χ2n) is 5.64. The van der Waals surface area contributed by atoms with Crippen molar-refractivity contribution in [3.63, 3.8) is 0 Å². The topological polar surface area (TPSA) is 58.1 Å². The molecule has 0 aliphatic carbocycles. The van der Waals surface area contributed by atoms with Crippen LogP contribution in [0, 0.1) is 0 Å². The average Bonchev–Trinajstić information content (AvgIpc) is 2.62. The first kappa shape index (κ1) is 15.7. The number of carbonyl (C=O) groups is 1. The zero-order chi connectivity index (χ0) is 16.1. The summed E-state index contributed by atoms with van der Waals surface area (Å²) >= 11 is 5.86. The van der Waals surface area contributed by atoms with Gasteiger partial charge in [0.05, 0.1) is 0 Å². The van der Waals surface area contributed by atoms with Gasteiger partial charge < -0.3 is 10.2 Å². The zero-order valence-electron chi connectivity index (χ0n) is 12.8.